The van der Waals surface area contributed by atoms with Crippen LogP contribution in [0.1, 0.15) is 19.3 Å². The molecular weight excluding hydrogens is 200 g/mol. The first-order valence-electron chi connectivity index (χ1n) is 4.55. The van der Waals surface area contributed by atoms with Gasteiger partial charge in [0.05, 0.1) is 6.20 Å². The first kappa shape index (κ1) is 11.0. The largest absolute Gasteiger partial charge is 0.275 e. The van der Waals surface area contributed by atoms with Gasteiger partial charge in [-0.25, -0.2) is 0 Å². The van der Waals surface area contributed by atoms with Crippen molar-refractivity contribution in [2.75, 3.05) is 11.5 Å². The van der Waals surface area contributed by atoms with Crippen LogP contribution < -0.4 is 0 Å². The minimum absolute atomic E-state index is 1.01. The van der Waals surface area contributed by atoms with Gasteiger partial charge in [0.15, 0.2) is 0 Å². The summed E-state index contributed by atoms with van der Waals surface area (Å²) in [5.74, 6) is 2.21. The Labute approximate surface area is 89.5 Å². The van der Waals surface area contributed by atoms with E-state index in [9.17, 15) is 0 Å². The van der Waals surface area contributed by atoms with Crippen molar-refractivity contribution in [2.24, 2.45) is 7.05 Å². The second-order valence-electron chi connectivity index (χ2n) is 2.98. The first-order chi connectivity index (χ1) is 6.33. The Kier molecular flexibility index (Phi) is 5.39. The number of aryl methyl sites for hydroxylation is 1. The molecule has 0 aliphatic heterocycles. The van der Waals surface area contributed by atoms with E-state index in [4.69, 9.17) is 0 Å². The standard InChI is InChI=1S/C9H16N2S2/c1-11-8-9(7-10-11)13-6-4-2-3-5-12/h7-8,12H,2-6H2,1H3. The van der Waals surface area contributed by atoms with Crippen LogP contribution >= 0.6 is 24.4 Å². The third kappa shape index (κ3) is 4.62. The number of rotatable bonds is 6. The predicted octanol–water partition coefficient (Wildman–Crippen LogP) is 2.61. The van der Waals surface area contributed by atoms with Gasteiger partial charge in [0, 0.05) is 18.1 Å². The number of aromatic nitrogens is 2. The summed E-state index contributed by atoms with van der Waals surface area (Å²) in [6.07, 6.45) is 7.78. The van der Waals surface area contributed by atoms with Gasteiger partial charge in [-0.1, -0.05) is 6.42 Å². The fourth-order valence-corrected chi connectivity index (χ4v) is 2.21. The Bertz CT molecular complexity index is 235. The fourth-order valence-electron chi connectivity index (χ4n) is 1.05. The van der Waals surface area contributed by atoms with Crippen molar-refractivity contribution >= 4 is 24.4 Å². The van der Waals surface area contributed by atoms with Crippen LogP contribution in [0.3, 0.4) is 0 Å². The average Bonchev–Trinajstić information content (AvgIpc) is 2.51. The van der Waals surface area contributed by atoms with Crippen LogP contribution in [0.5, 0.6) is 0 Å². The minimum Gasteiger partial charge on any atom is -0.275 e. The van der Waals surface area contributed by atoms with Crippen LogP contribution in [0.4, 0.5) is 0 Å². The predicted molar refractivity (Wildman–Crippen MR) is 61.6 cm³/mol. The van der Waals surface area contributed by atoms with Gasteiger partial charge in [-0.2, -0.15) is 17.7 Å². The molecule has 4 heteroatoms. The molecule has 1 aromatic rings. The summed E-state index contributed by atoms with van der Waals surface area (Å²) in [6.45, 7) is 0. The number of unbranched alkanes of at least 4 members (excludes halogenated alkanes) is 2. The van der Waals surface area contributed by atoms with Gasteiger partial charge in [0.25, 0.3) is 0 Å². The third-order valence-electron chi connectivity index (χ3n) is 1.75. The normalized spacial score (nSPS) is 10.6. The molecule has 0 spiro atoms. The molecule has 0 bridgehead atoms. The molecule has 0 aliphatic carbocycles. The molecule has 0 fully saturated rings. The second-order valence-corrected chi connectivity index (χ2v) is 4.60. The molecule has 0 saturated heterocycles. The monoisotopic (exact) mass is 216 g/mol. The summed E-state index contributed by atoms with van der Waals surface area (Å²) in [5, 5.41) is 4.12. The van der Waals surface area contributed by atoms with Crippen LogP contribution in [0.2, 0.25) is 0 Å². The Morgan fingerprint density at radius 3 is 2.92 bits per heavy atom. The van der Waals surface area contributed by atoms with Crippen LogP contribution in [-0.4, -0.2) is 21.3 Å². The van der Waals surface area contributed by atoms with Gasteiger partial charge in [0.2, 0.25) is 0 Å². The third-order valence-corrected chi connectivity index (χ3v) is 3.11. The van der Waals surface area contributed by atoms with Crippen molar-refractivity contribution in [1.29, 1.82) is 0 Å². The topological polar surface area (TPSA) is 17.8 Å². The molecule has 1 aromatic heterocycles. The van der Waals surface area contributed by atoms with Crippen LogP contribution in [0, 0.1) is 0 Å². The number of hydrogen-bond donors (Lipinski definition) is 1. The van der Waals surface area contributed by atoms with Crippen molar-refractivity contribution in [1.82, 2.24) is 9.78 Å². The highest BCUT2D eigenvalue weighted by molar-refractivity contribution is 7.99. The highest BCUT2D eigenvalue weighted by Crippen LogP contribution is 2.18. The summed E-state index contributed by atoms with van der Waals surface area (Å²) in [7, 11) is 1.95. The molecule has 0 atom stereocenters. The lowest BCUT2D eigenvalue weighted by molar-refractivity contribution is 0.766. The van der Waals surface area contributed by atoms with Crippen molar-refractivity contribution in [2.45, 2.75) is 24.2 Å². The molecule has 0 unspecified atom stereocenters. The lowest BCUT2D eigenvalue weighted by Crippen LogP contribution is -1.84. The fraction of sp³-hybridized carbons (Fsp3) is 0.667. The summed E-state index contributed by atoms with van der Waals surface area (Å²) in [5.41, 5.74) is 0. The van der Waals surface area contributed by atoms with E-state index in [1.165, 1.54) is 29.9 Å². The van der Waals surface area contributed by atoms with Crippen molar-refractivity contribution in [3.63, 3.8) is 0 Å². The maximum atomic E-state index is 4.18. The number of nitrogens with zero attached hydrogens (tertiary/aromatic N) is 2. The molecule has 13 heavy (non-hydrogen) atoms. The van der Waals surface area contributed by atoms with E-state index >= 15 is 0 Å². The molecule has 0 amide bonds. The molecule has 1 heterocycles. The molecule has 0 aromatic carbocycles. The second kappa shape index (κ2) is 6.38. The highest BCUT2D eigenvalue weighted by Gasteiger charge is 1.95. The zero-order valence-corrected chi connectivity index (χ0v) is 9.65. The summed E-state index contributed by atoms with van der Waals surface area (Å²) >= 11 is 6.06. The lowest BCUT2D eigenvalue weighted by Gasteiger charge is -1.97. The quantitative estimate of drug-likeness (QED) is 0.447. The molecule has 74 valence electrons. The van der Waals surface area contributed by atoms with E-state index in [0.717, 1.165) is 5.75 Å². The van der Waals surface area contributed by atoms with Crippen LogP contribution in [-0.2, 0) is 7.05 Å². The van der Waals surface area contributed by atoms with E-state index in [2.05, 4.69) is 23.9 Å². The Morgan fingerprint density at radius 1 is 1.46 bits per heavy atom. The number of thioether (sulfide) groups is 1. The molecule has 0 radical (unpaired) electrons. The van der Waals surface area contributed by atoms with Crippen molar-refractivity contribution < 1.29 is 0 Å². The molecule has 0 saturated carbocycles. The van der Waals surface area contributed by atoms with Gasteiger partial charge in [-0.15, -0.1) is 11.8 Å². The SMILES string of the molecule is Cn1cc(SCCCCCS)cn1. The molecule has 1 rings (SSSR count). The molecule has 2 nitrogen and oxygen atoms in total. The van der Waals surface area contributed by atoms with Gasteiger partial charge in [0.1, 0.15) is 0 Å². The Morgan fingerprint density at radius 2 is 2.31 bits per heavy atom. The lowest BCUT2D eigenvalue weighted by atomic mass is 10.3. The Balaban J connectivity index is 2.06. The average molecular weight is 216 g/mol. The number of hydrogen-bond acceptors (Lipinski definition) is 3. The van der Waals surface area contributed by atoms with Gasteiger partial charge in [-0.05, 0) is 24.3 Å². The van der Waals surface area contributed by atoms with Gasteiger partial charge >= 0.3 is 0 Å². The van der Waals surface area contributed by atoms with E-state index in [1.807, 2.05) is 29.7 Å². The van der Waals surface area contributed by atoms with E-state index in [0.29, 0.717) is 0 Å². The molecule has 0 aliphatic rings. The number of thiol groups is 1. The van der Waals surface area contributed by atoms with Crippen molar-refractivity contribution in [3.05, 3.63) is 12.4 Å². The van der Waals surface area contributed by atoms with E-state index < -0.39 is 0 Å². The van der Waals surface area contributed by atoms with E-state index in [1.54, 1.807) is 0 Å². The molecular formula is C9H16N2S2. The van der Waals surface area contributed by atoms with E-state index in [-0.39, 0.29) is 0 Å². The zero-order valence-electron chi connectivity index (χ0n) is 7.94. The minimum atomic E-state index is 1.01. The van der Waals surface area contributed by atoms with Crippen LogP contribution in [0.15, 0.2) is 17.3 Å². The molecule has 0 N–H and O–H groups in total. The maximum absolute atomic E-state index is 4.18. The smallest absolute Gasteiger partial charge is 0.0625 e. The first-order valence-corrected chi connectivity index (χ1v) is 6.17. The summed E-state index contributed by atoms with van der Waals surface area (Å²) in [6, 6.07) is 0. The maximum Gasteiger partial charge on any atom is 0.0625 e. The summed E-state index contributed by atoms with van der Waals surface area (Å²) in [4.78, 5) is 1.27. The van der Waals surface area contributed by atoms with Gasteiger partial charge in [-0.3, -0.25) is 4.68 Å². The highest BCUT2D eigenvalue weighted by atomic mass is 32.2. The van der Waals surface area contributed by atoms with Gasteiger partial charge < -0.3 is 0 Å². The van der Waals surface area contributed by atoms with Crippen molar-refractivity contribution in [3.8, 4) is 0 Å². The zero-order chi connectivity index (χ0) is 9.52. The van der Waals surface area contributed by atoms with Crippen LogP contribution in [0.25, 0.3) is 0 Å². The Hall–Kier alpha value is -0.0900. The summed E-state index contributed by atoms with van der Waals surface area (Å²) < 4.78 is 1.84.